The van der Waals surface area contributed by atoms with Gasteiger partial charge >= 0.3 is 0 Å². The van der Waals surface area contributed by atoms with Crippen LogP contribution in [0.4, 0.5) is 0 Å². The van der Waals surface area contributed by atoms with Gasteiger partial charge in [-0.25, -0.2) is 0 Å². The van der Waals surface area contributed by atoms with E-state index in [4.69, 9.17) is 16.0 Å². The van der Waals surface area contributed by atoms with E-state index < -0.39 is 0 Å². The maximum absolute atomic E-state index is 11.2. The summed E-state index contributed by atoms with van der Waals surface area (Å²) in [5, 5.41) is 17.2. The maximum atomic E-state index is 11.2. The summed E-state index contributed by atoms with van der Waals surface area (Å²) < 4.78 is 5.92. The van der Waals surface area contributed by atoms with Crippen molar-refractivity contribution in [3.63, 3.8) is 0 Å². The van der Waals surface area contributed by atoms with Crippen LogP contribution < -0.4 is 15.9 Å². The van der Waals surface area contributed by atoms with Crippen molar-refractivity contribution in [2.75, 3.05) is 13.7 Å². The Morgan fingerprint density at radius 2 is 1.22 bits per heavy atom. The summed E-state index contributed by atoms with van der Waals surface area (Å²) in [6.07, 6.45) is 17.1. The first-order chi connectivity index (χ1) is 18.1. The number of carbonyl (C=O) groups is 1. The summed E-state index contributed by atoms with van der Waals surface area (Å²) in [5.41, 5.74) is 2.85. The Kier molecular flexibility index (Phi) is 15.4. The normalized spacial score (nSPS) is 11.1. The SMILES string of the molecule is CNC(=O)CCCCCCCCCCCCCCCOc1ccc(-c2ccc(C(=N)N=NN)cc2)cc1. The molecule has 7 heteroatoms. The van der Waals surface area contributed by atoms with Crippen molar-refractivity contribution in [1.29, 1.82) is 5.41 Å². The fourth-order valence-corrected chi connectivity index (χ4v) is 4.33. The standard InChI is InChI=1S/C30H45N5O2/c1-33-29(36)15-13-11-9-7-5-3-2-4-6-8-10-12-14-24-37-28-22-20-26(21-23-28)25-16-18-27(19-17-25)30(31)34-35-32/h16-23H,2-15,24H2,1H3,(H,33,36)(H3,31,32,34). The van der Waals surface area contributed by atoms with Crippen LogP contribution in [-0.2, 0) is 4.79 Å². The second kappa shape index (κ2) is 19.0. The zero-order valence-electron chi connectivity index (χ0n) is 22.5. The van der Waals surface area contributed by atoms with Gasteiger partial charge in [-0.15, -0.1) is 5.11 Å². The summed E-state index contributed by atoms with van der Waals surface area (Å²) in [4.78, 5) is 11.2. The van der Waals surface area contributed by atoms with Gasteiger partial charge in [0.05, 0.1) is 6.61 Å². The van der Waals surface area contributed by atoms with Crippen molar-refractivity contribution in [1.82, 2.24) is 5.32 Å². The molecule has 0 atom stereocenters. The topological polar surface area (TPSA) is 113 Å². The monoisotopic (exact) mass is 507 g/mol. The zero-order chi connectivity index (χ0) is 26.6. The minimum atomic E-state index is 0.0484. The van der Waals surface area contributed by atoms with Crippen LogP contribution in [0.1, 0.15) is 95.5 Å². The molecule has 4 N–H and O–H groups in total. The number of hydrogen-bond acceptors (Lipinski definition) is 4. The molecular formula is C30H45N5O2. The van der Waals surface area contributed by atoms with Crippen molar-refractivity contribution >= 4 is 11.7 Å². The van der Waals surface area contributed by atoms with E-state index in [1.807, 2.05) is 36.4 Å². The molecule has 7 nitrogen and oxygen atoms in total. The van der Waals surface area contributed by atoms with E-state index in [-0.39, 0.29) is 11.7 Å². The molecule has 0 spiro atoms. The fraction of sp³-hybridized carbons (Fsp3) is 0.533. The predicted octanol–water partition coefficient (Wildman–Crippen LogP) is 7.59. The van der Waals surface area contributed by atoms with Crippen LogP contribution in [0.15, 0.2) is 58.9 Å². The average molecular weight is 508 g/mol. The smallest absolute Gasteiger partial charge is 0.219 e. The van der Waals surface area contributed by atoms with E-state index in [1.54, 1.807) is 7.05 Å². The molecule has 0 saturated carbocycles. The molecule has 0 aromatic heterocycles. The fourth-order valence-electron chi connectivity index (χ4n) is 4.33. The molecule has 2 rings (SSSR count). The molecule has 0 aliphatic rings. The Bertz CT molecular complexity index is 926. The van der Waals surface area contributed by atoms with Gasteiger partial charge in [0.25, 0.3) is 0 Å². The van der Waals surface area contributed by atoms with Gasteiger partial charge < -0.3 is 15.9 Å². The van der Waals surface area contributed by atoms with Crippen LogP contribution in [-0.4, -0.2) is 25.4 Å². The molecule has 2 aromatic carbocycles. The molecule has 0 heterocycles. The first-order valence-corrected chi connectivity index (χ1v) is 13.9. The number of ether oxygens (including phenoxy) is 1. The zero-order valence-corrected chi connectivity index (χ0v) is 22.5. The van der Waals surface area contributed by atoms with Crippen LogP contribution in [0, 0.1) is 5.41 Å². The van der Waals surface area contributed by atoms with E-state index in [1.165, 1.54) is 70.6 Å². The van der Waals surface area contributed by atoms with Gasteiger partial charge in [-0.2, -0.15) is 0 Å². The lowest BCUT2D eigenvalue weighted by Crippen LogP contribution is -2.16. The third-order valence-electron chi connectivity index (χ3n) is 6.60. The van der Waals surface area contributed by atoms with Crippen LogP contribution >= 0.6 is 0 Å². The second-order valence-corrected chi connectivity index (χ2v) is 9.53. The number of amidine groups is 1. The molecule has 0 aliphatic carbocycles. The van der Waals surface area contributed by atoms with Gasteiger partial charge in [-0.05, 0) is 36.1 Å². The third-order valence-corrected chi connectivity index (χ3v) is 6.60. The molecule has 0 radical (unpaired) electrons. The number of nitrogens with two attached hydrogens (primary N) is 1. The molecule has 0 saturated heterocycles. The van der Waals surface area contributed by atoms with E-state index in [2.05, 4.69) is 27.8 Å². The molecule has 0 fully saturated rings. The van der Waals surface area contributed by atoms with E-state index in [9.17, 15) is 4.79 Å². The second-order valence-electron chi connectivity index (χ2n) is 9.53. The summed E-state index contributed by atoms with van der Waals surface area (Å²) in [5.74, 6) is 6.12. The molecule has 37 heavy (non-hydrogen) atoms. The van der Waals surface area contributed by atoms with Crippen LogP contribution in [0.3, 0.4) is 0 Å². The summed E-state index contributed by atoms with van der Waals surface area (Å²) in [6.45, 7) is 0.759. The number of amides is 1. The van der Waals surface area contributed by atoms with Gasteiger partial charge in [0.2, 0.25) is 5.91 Å². The lowest BCUT2D eigenvalue weighted by molar-refractivity contribution is -0.120. The highest BCUT2D eigenvalue weighted by Gasteiger charge is 2.03. The molecule has 0 aliphatic heterocycles. The Labute approximate surface area is 222 Å². The number of hydrogen-bond donors (Lipinski definition) is 3. The number of rotatable bonds is 19. The third kappa shape index (κ3) is 13.1. The molecule has 0 bridgehead atoms. The molecule has 2 aromatic rings. The van der Waals surface area contributed by atoms with E-state index >= 15 is 0 Å². The Hall–Kier alpha value is -3.22. The Morgan fingerprint density at radius 3 is 1.70 bits per heavy atom. The molecule has 0 unspecified atom stereocenters. The first-order valence-electron chi connectivity index (χ1n) is 13.9. The number of nitrogens with one attached hydrogen (secondary N) is 2. The van der Waals surface area contributed by atoms with Gasteiger partial charge in [0.1, 0.15) is 5.75 Å². The first kappa shape index (κ1) is 30.0. The van der Waals surface area contributed by atoms with E-state index in [0.29, 0.717) is 12.0 Å². The number of carbonyl (C=O) groups excluding carboxylic acids is 1. The quantitative estimate of drug-likeness (QED) is 0.0454. The lowest BCUT2D eigenvalue weighted by Gasteiger charge is -2.08. The van der Waals surface area contributed by atoms with Crippen molar-refractivity contribution in [2.45, 2.75) is 89.9 Å². The van der Waals surface area contributed by atoms with Gasteiger partial charge in [0, 0.05) is 19.0 Å². The Balaban J connectivity index is 1.44. The minimum Gasteiger partial charge on any atom is -0.494 e. The minimum absolute atomic E-state index is 0.0484. The van der Waals surface area contributed by atoms with Crippen molar-refractivity contribution in [3.8, 4) is 16.9 Å². The molecular weight excluding hydrogens is 462 g/mol. The summed E-state index contributed by atoms with van der Waals surface area (Å²) in [7, 11) is 1.71. The van der Waals surface area contributed by atoms with Crippen LogP contribution in [0.2, 0.25) is 0 Å². The van der Waals surface area contributed by atoms with Gasteiger partial charge in [-0.1, -0.05) is 112 Å². The number of nitrogens with zero attached hydrogens (tertiary/aromatic N) is 2. The van der Waals surface area contributed by atoms with E-state index in [0.717, 1.165) is 36.3 Å². The maximum Gasteiger partial charge on any atom is 0.219 e. The average Bonchev–Trinajstić information content (AvgIpc) is 2.93. The number of unbranched alkanes of at least 4 members (excludes halogenated alkanes) is 12. The lowest BCUT2D eigenvalue weighted by atomic mass is 10.0. The Morgan fingerprint density at radius 1 is 0.757 bits per heavy atom. The summed E-state index contributed by atoms with van der Waals surface area (Å²) >= 11 is 0. The van der Waals surface area contributed by atoms with Crippen LogP contribution in [0.5, 0.6) is 5.75 Å². The van der Waals surface area contributed by atoms with Gasteiger partial charge in [0.15, 0.2) is 5.84 Å². The van der Waals surface area contributed by atoms with Crippen LogP contribution in [0.25, 0.3) is 11.1 Å². The van der Waals surface area contributed by atoms with Crippen molar-refractivity contribution in [2.24, 2.45) is 16.2 Å². The summed E-state index contributed by atoms with van der Waals surface area (Å²) in [6, 6.07) is 15.8. The highest BCUT2D eigenvalue weighted by Crippen LogP contribution is 2.23. The molecule has 1 amide bonds. The highest BCUT2D eigenvalue weighted by molar-refractivity contribution is 5.97. The van der Waals surface area contributed by atoms with Crippen molar-refractivity contribution in [3.05, 3.63) is 54.1 Å². The largest absolute Gasteiger partial charge is 0.494 e. The van der Waals surface area contributed by atoms with Crippen molar-refractivity contribution < 1.29 is 9.53 Å². The predicted molar refractivity (Wildman–Crippen MR) is 152 cm³/mol. The van der Waals surface area contributed by atoms with Gasteiger partial charge in [-0.3, -0.25) is 10.2 Å². The highest BCUT2D eigenvalue weighted by atomic mass is 16.5. The number of benzene rings is 2. The molecule has 202 valence electrons.